The first kappa shape index (κ1) is 15.0. The molecule has 0 spiro atoms. The summed E-state index contributed by atoms with van der Waals surface area (Å²) in [6.07, 6.45) is 3.13. The molecule has 0 saturated carbocycles. The molecule has 1 rings (SSSR count). The van der Waals surface area contributed by atoms with E-state index in [0.29, 0.717) is 17.8 Å². The molecule has 5 heteroatoms. The molecule has 0 bridgehead atoms. The minimum absolute atomic E-state index is 0.0392. The van der Waals surface area contributed by atoms with Crippen molar-refractivity contribution in [3.63, 3.8) is 0 Å². The summed E-state index contributed by atoms with van der Waals surface area (Å²) in [7, 11) is 0. The topological polar surface area (TPSA) is 47.0 Å². The number of H-pyrrole nitrogens is 1. The monoisotopic (exact) mass is 270 g/mol. The van der Waals surface area contributed by atoms with E-state index in [1.54, 1.807) is 0 Å². The number of carbonyl (C=O) groups excluding carboxylic acids is 1. The van der Waals surface area contributed by atoms with Crippen LogP contribution in [0.2, 0.25) is 0 Å². The van der Waals surface area contributed by atoms with Crippen molar-refractivity contribution in [1.29, 1.82) is 0 Å². The lowest BCUT2D eigenvalue weighted by Gasteiger charge is -2.20. The third-order valence-corrected chi connectivity index (χ3v) is 3.04. The first-order chi connectivity index (χ1) is 8.36. The first-order valence-corrected chi connectivity index (χ1v) is 6.71. The molecule has 1 aromatic heterocycles. The standard InChI is InChI=1S/C13H22N2O2S/c1-5-17-11(16)7-6-8-15-10(13(2,3)4)9-14-12(15)18/h9H,5-8H2,1-4H3,(H,14,18). The summed E-state index contributed by atoms with van der Waals surface area (Å²) >= 11 is 5.26. The Morgan fingerprint density at radius 3 is 2.72 bits per heavy atom. The van der Waals surface area contributed by atoms with E-state index in [-0.39, 0.29) is 11.4 Å². The Hall–Kier alpha value is -1.10. The van der Waals surface area contributed by atoms with Gasteiger partial charge >= 0.3 is 5.97 Å². The zero-order chi connectivity index (χ0) is 13.8. The van der Waals surface area contributed by atoms with Crippen molar-refractivity contribution >= 4 is 18.2 Å². The SMILES string of the molecule is CCOC(=O)CCCn1c(C(C)(C)C)c[nH]c1=S. The van der Waals surface area contributed by atoms with Crippen LogP contribution in [0.25, 0.3) is 0 Å². The molecule has 0 radical (unpaired) electrons. The number of hydrogen-bond donors (Lipinski definition) is 1. The fourth-order valence-electron chi connectivity index (χ4n) is 1.85. The van der Waals surface area contributed by atoms with Crippen LogP contribution in [0.1, 0.15) is 46.2 Å². The molecular weight excluding hydrogens is 248 g/mol. The molecule has 0 atom stereocenters. The summed E-state index contributed by atoms with van der Waals surface area (Å²) in [4.78, 5) is 14.3. The van der Waals surface area contributed by atoms with Crippen molar-refractivity contribution < 1.29 is 9.53 Å². The molecule has 18 heavy (non-hydrogen) atoms. The summed E-state index contributed by atoms with van der Waals surface area (Å²) in [5.41, 5.74) is 1.20. The highest BCUT2D eigenvalue weighted by Crippen LogP contribution is 2.22. The van der Waals surface area contributed by atoms with Gasteiger partial charge < -0.3 is 14.3 Å². The van der Waals surface area contributed by atoms with E-state index in [9.17, 15) is 4.79 Å². The van der Waals surface area contributed by atoms with E-state index in [1.807, 2.05) is 13.1 Å². The van der Waals surface area contributed by atoms with Gasteiger partial charge in [-0.15, -0.1) is 0 Å². The number of aromatic nitrogens is 2. The third kappa shape index (κ3) is 3.98. The van der Waals surface area contributed by atoms with Crippen molar-refractivity contribution in [3.05, 3.63) is 16.7 Å². The second kappa shape index (κ2) is 6.18. The summed E-state index contributed by atoms with van der Waals surface area (Å²) < 4.78 is 7.68. The first-order valence-electron chi connectivity index (χ1n) is 6.30. The van der Waals surface area contributed by atoms with Crippen LogP contribution < -0.4 is 0 Å². The Bertz CT molecular complexity index is 454. The molecule has 0 aliphatic heterocycles. The molecule has 0 amide bonds. The second-order valence-corrected chi connectivity index (χ2v) is 5.68. The average molecular weight is 270 g/mol. The lowest BCUT2D eigenvalue weighted by atomic mass is 9.92. The Labute approximate surface area is 113 Å². The minimum Gasteiger partial charge on any atom is -0.466 e. The molecular formula is C13H22N2O2S. The van der Waals surface area contributed by atoms with Crippen LogP contribution in [0.5, 0.6) is 0 Å². The Morgan fingerprint density at radius 2 is 2.17 bits per heavy atom. The van der Waals surface area contributed by atoms with Gasteiger partial charge in [-0.3, -0.25) is 4.79 Å². The van der Waals surface area contributed by atoms with E-state index in [0.717, 1.165) is 18.7 Å². The second-order valence-electron chi connectivity index (χ2n) is 5.29. The van der Waals surface area contributed by atoms with Gasteiger partial charge in [-0.25, -0.2) is 0 Å². The van der Waals surface area contributed by atoms with Crippen molar-refractivity contribution in [2.24, 2.45) is 0 Å². The van der Waals surface area contributed by atoms with Crippen molar-refractivity contribution in [3.8, 4) is 0 Å². The molecule has 1 aromatic rings. The summed E-state index contributed by atoms with van der Waals surface area (Å²) in [6, 6.07) is 0. The maximum absolute atomic E-state index is 11.3. The number of aromatic amines is 1. The van der Waals surface area contributed by atoms with E-state index < -0.39 is 0 Å². The number of hydrogen-bond acceptors (Lipinski definition) is 3. The van der Waals surface area contributed by atoms with Crippen molar-refractivity contribution in [2.45, 2.75) is 52.5 Å². The van der Waals surface area contributed by atoms with Gasteiger partial charge in [-0.05, 0) is 25.6 Å². The molecule has 4 nitrogen and oxygen atoms in total. The van der Waals surface area contributed by atoms with Gasteiger partial charge in [0.05, 0.1) is 6.61 Å². The number of nitrogens with one attached hydrogen (secondary N) is 1. The quantitative estimate of drug-likeness (QED) is 0.660. The molecule has 1 N–H and O–H groups in total. The van der Waals surface area contributed by atoms with E-state index >= 15 is 0 Å². The fraction of sp³-hybridized carbons (Fsp3) is 0.692. The van der Waals surface area contributed by atoms with Crippen LogP contribution in [-0.4, -0.2) is 22.1 Å². The van der Waals surface area contributed by atoms with E-state index in [4.69, 9.17) is 17.0 Å². The van der Waals surface area contributed by atoms with Gasteiger partial charge in [-0.1, -0.05) is 20.8 Å². The van der Waals surface area contributed by atoms with Crippen LogP contribution in [0.15, 0.2) is 6.20 Å². The van der Waals surface area contributed by atoms with Gasteiger partial charge in [0, 0.05) is 30.3 Å². The fourth-order valence-corrected chi connectivity index (χ4v) is 2.10. The number of rotatable bonds is 5. The van der Waals surface area contributed by atoms with Crippen LogP contribution in [-0.2, 0) is 21.5 Å². The summed E-state index contributed by atoms with van der Waals surface area (Å²) in [5, 5.41) is 0. The average Bonchev–Trinajstić information content (AvgIpc) is 2.60. The normalized spacial score (nSPS) is 11.6. The van der Waals surface area contributed by atoms with Gasteiger partial charge in [0.15, 0.2) is 4.77 Å². The predicted octanol–water partition coefficient (Wildman–Crippen LogP) is 3.19. The summed E-state index contributed by atoms with van der Waals surface area (Å²) in [6.45, 7) is 9.44. The highest BCUT2D eigenvalue weighted by Gasteiger charge is 2.19. The van der Waals surface area contributed by atoms with Crippen LogP contribution in [0, 0.1) is 4.77 Å². The number of esters is 1. The van der Waals surface area contributed by atoms with E-state index in [1.165, 1.54) is 0 Å². The predicted molar refractivity (Wildman–Crippen MR) is 74.2 cm³/mol. The highest BCUT2D eigenvalue weighted by atomic mass is 32.1. The Kier molecular flexibility index (Phi) is 5.14. The molecule has 0 aliphatic carbocycles. The number of imidazole rings is 1. The largest absolute Gasteiger partial charge is 0.466 e. The lowest BCUT2D eigenvalue weighted by Crippen LogP contribution is -2.18. The maximum atomic E-state index is 11.3. The molecule has 102 valence electrons. The maximum Gasteiger partial charge on any atom is 0.305 e. The molecule has 0 saturated heterocycles. The summed E-state index contributed by atoms with van der Waals surface area (Å²) in [5.74, 6) is -0.142. The third-order valence-electron chi connectivity index (χ3n) is 2.70. The lowest BCUT2D eigenvalue weighted by molar-refractivity contribution is -0.143. The zero-order valence-electron chi connectivity index (χ0n) is 11.6. The molecule has 0 fully saturated rings. The van der Waals surface area contributed by atoms with Gasteiger partial charge in [0.1, 0.15) is 0 Å². The van der Waals surface area contributed by atoms with Crippen molar-refractivity contribution in [2.75, 3.05) is 6.61 Å². The van der Waals surface area contributed by atoms with Gasteiger partial charge in [0.2, 0.25) is 0 Å². The number of nitrogens with zero attached hydrogens (tertiary/aromatic N) is 1. The number of ether oxygens (including phenoxy) is 1. The molecule has 0 aliphatic rings. The Morgan fingerprint density at radius 1 is 1.50 bits per heavy atom. The van der Waals surface area contributed by atoms with Gasteiger partial charge in [-0.2, -0.15) is 0 Å². The highest BCUT2D eigenvalue weighted by molar-refractivity contribution is 7.71. The molecule has 1 heterocycles. The zero-order valence-corrected chi connectivity index (χ0v) is 12.4. The van der Waals surface area contributed by atoms with Crippen LogP contribution >= 0.6 is 12.2 Å². The van der Waals surface area contributed by atoms with Crippen LogP contribution in [0.4, 0.5) is 0 Å². The van der Waals surface area contributed by atoms with Crippen molar-refractivity contribution in [1.82, 2.24) is 9.55 Å². The minimum atomic E-state index is -0.142. The molecule has 0 unspecified atom stereocenters. The smallest absolute Gasteiger partial charge is 0.305 e. The van der Waals surface area contributed by atoms with Gasteiger partial charge in [0.25, 0.3) is 0 Å². The molecule has 0 aromatic carbocycles. The van der Waals surface area contributed by atoms with Crippen LogP contribution in [0.3, 0.4) is 0 Å². The Balaban J connectivity index is 2.65. The number of carbonyl (C=O) groups is 1. The van der Waals surface area contributed by atoms with E-state index in [2.05, 4.69) is 30.3 Å².